The van der Waals surface area contributed by atoms with Crippen molar-refractivity contribution in [2.75, 3.05) is 7.11 Å². The molecule has 2 rings (SSSR count). The smallest absolute Gasteiger partial charge is 0.199 e. The molecule has 4 nitrogen and oxygen atoms in total. The van der Waals surface area contributed by atoms with Crippen molar-refractivity contribution in [1.82, 2.24) is 14.8 Å². The molecule has 1 heterocycles. The molecule has 2 aromatic rings. The molecule has 1 N–H and O–H groups in total. The maximum absolute atomic E-state index is 6.04. The molecule has 0 aliphatic heterocycles. The topological polar surface area (TPSA) is 42.8 Å². The van der Waals surface area contributed by atoms with Crippen LogP contribution in [0.3, 0.4) is 0 Å². The van der Waals surface area contributed by atoms with E-state index < -0.39 is 0 Å². The summed E-state index contributed by atoms with van der Waals surface area (Å²) in [6.07, 6.45) is 1.82. The van der Waals surface area contributed by atoms with Crippen LogP contribution in [-0.4, -0.2) is 21.9 Å². The van der Waals surface area contributed by atoms with E-state index >= 15 is 0 Å². The van der Waals surface area contributed by atoms with Gasteiger partial charge in [-0.25, -0.2) is 0 Å². The number of nitrogens with one attached hydrogen (secondary N) is 1. The minimum Gasteiger partial charge on any atom is -0.495 e. The van der Waals surface area contributed by atoms with Crippen LogP contribution in [0.4, 0.5) is 0 Å². The van der Waals surface area contributed by atoms with Crippen molar-refractivity contribution in [2.45, 2.75) is 19.8 Å². The predicted molar refractivity (Wildman–Crippen MR) is 74.3 cm³/mol. The Hall–Kier alpha value is -1.33. The van der Waals surface area contributed by atoms with Crippen LogP contribution in [0.1, 0.15) is 19.2 Å². The summed E-state index contributed by atoms with van der Waals surface area (Å²) in [7, 11) is 1.62. The number of aromatic amines is 1. The molecular weight excluding hydrogens is 270 g/mol. The van der Waals surface area contributed by atoms with Gasteiger partial charge in [0.25, 0.3) is 0 Å². The van der Waals surface area contributed by atoms with Gasteiger partial charge in [-0.15, -0.1) is 0 Å². The zero-order valence-electron chi connectivity index (χ0n) is 10.2. The fraction of sp³-hybridized carbons (Fsp3) is 0.333. The van der Waals surface area contributed by atoms with E-state index in [9.17, 15) is 0 Å². The summed E-state index contributed by atoms with van der Waals surface area (Å²) in [6, 6.07) is 5.43. The van der Waals surface area contributed by atoms with Crippen LogP contribution in [0.15, 0.2) is 18.2 Å². The molecule has 0 bridgehead atoms. The molecule has 0 amide bonds. The minimum absolute atomic E-state index is 0.541. The standard InChI is InChI=1S/C12H14ClN3OS/c1-3-4-11-14-15-12(18)16(11)9-7-8(13)5-6-10(9)17-2/h5-7H,3-4H2,1-2H3,(H,15,18). The first-order valence-electron chi connectivity index (χ1n) is 5.67. The zero-order chi connectivity index (χ0) is 13.1. The van der Waals surface area contributed by atoms with Crippen LogP contribution in [0.2, 0.25) is 5.02 Å². The summed E-state index contributed by atoms with van der Waals surface area (Å²) in [6.45, 7) is 2.09. The Kier molecular flexibility index (Phi) is 4.04. The Morgan fingerprint density at radius 2 is 2.28 bits per heavy atom. The Labute approximate surface area is 116 Å². The van der Waals surface area contributed by atoms with Crippen molar-refractivity contribution in [1.29, 1.82) is 0 Å². The summed E-state index contributed by atoms with van der Waals surface area (Å²) in [5, 5.41) is 7.68. The summed E-state index contributed by atoms with van der Waals surface area (Å²) in [5.74, 6) is 1.59. The number of H-pyrrole nitrogens is 1. The average molecular weight is 284 g/mol. The lowest BCUT2D eigenvalue weighted by molar-refractivity contribution is 0.412. The Morgan fingerprint density at radius 1 is 1.50 bits per heavy atom. The molecule has 0 aliphatic carbocycles. The summed E-state index contributed by atoms with van der Waals surface area (Å²) < 4.78 is 7.75. The van der Waals surface area contributed by atoms with Crippen LogP contribution in [0, 0.1) is 4.77 Å². The van der Waals surface area contributed by atoms with Crippen LogP contribution < -0.4 is 4.74 Å². The predicted octanol–water partition coefficient (Wildman–Crippen LogP) is 3.54. The van der Waals surface area contributed by atoms with Gasteiger partial charge in [0, 0.05) is 11.4 Å². The van der Waals surface area contributed by atoms with Crippen molar-refractivity contribution in [3.63, 3.8) is 0 Å². The van der Waals surface area contributed by atoms with Crippen molar-refractivity contribution < 1.29 is 4.74 Å². The van der Waals surface area contributed by atoms with Crippen molar-refractivity contribution in [2.24, 2.45) is 0 Å². The summed E-state index contributed by atoms with van der Waals surface area (Å²) in [4.78, 5) is 0. The number of nitrogens with zero attached hydrogens (tertiary/aromatic N) is 2. The van der Waals surface area contributed by atoms with Crippen LogP contribution >= 0.6 is 23.8 Å². The monoisotopic (exact) mass is 283 g/mol. The molecule has 0 saturated carbocycles. The van der Waals surface area contributed by atoms with Gasteiger partial charge in [0.2, 0.25) is 0 Å². The van der Waals surface area contributed by atoms with E-state index in [0.29, 0.717) is 15.5 Å². The van der Waals surface area contributed by atoms with Gasteiger partial charge in [-0.1, -0.05) is 18.5 Å². The van der Waals surface area contributed by atoms with Gasteiger partial charge in [0.1, 0.15) is 11.6 Å². The second-order valence-electron chi connectivity index (χ2n) is 3.85. The minimum atomic E-state index is 0.541. The SMILES string of the molecule is CCCc1n[nH]c(=S)n1-c1cc(Cl)ccc1OC. The first-order valence-corrected chi connectivity index (χ1v) is 6.46. The fourth-order valence-electron chi connectivity index (χ4n) is 1.81. The van der Waals surface area contributed by atoms with Crippen molar-refractivity contribution >= 4 is 23.8 Å². The van der Waals surface area contributed by atoms with Gasteiger partial charge < -0.3 is 4.74 Å². The van der Waals surface area contributed by atoms with E-state index in [1.807, 2.05) is 16.7 Å². The highest BCUT2D eigenvalue weighted by molar-refractivity contribution is 7.71. The first-order chi connectivity index (χ1) is 8.67. The van der Waals surface area contributed by atoms with E-state index in [2.05, 4.69) is 17.1 Å². The number of methoxy groups -OCH3 is 1. The van der Waals surface area contributed by atoms with Crippen LogP contribution in [-0.2, 0) is 6.42 Å². The number of benzene rings is 1. The molecule has 6 heteroatoms. The van der Waals surface area contributed by atoms with Gasteiger partial charge in [0.05, 0.1) is 12.8 Å². The number of rotatable bonds is 4. The number of aryl methyl sites for hydroxylation is 1. The molecule has 0 spiro atoms. The molecular formula is C12H14ClN3OS. The maximum atomic E-state index is 6.04. The van der Waals surface area contributed by atoms with E-state index in [4.69, 9.17) is 28.6 Å². The molecule has 0 radical (unpaired) electrons. The summed E-state index contributed by atoms with van der Waals surface area (Å²) in [5.41, 5.74) is 0.812. The second kappa shape index (κ2) is 5.54. The first kappa shape index (κ1) is 13.1. The third kappa shape index (κ3) is 2.42. The van der Waals surface area contributed by atoms with Gasteiger partial charge in [-0.2, -0.15) is 5.10 Å². The number of aromatic nitrogens is 3. The van der Waals surface area contributed by atoms with Gasteiger partial charge in [-0.05, 0) is 36.8 Å². The Bertz CT molecular complexity index is 606. The lowest BCUT2D eigenvalue weighted by atomic mass is 10.2. The molecule has 1 aromatic heterocycles. The van der Waals surface area contributed by atoms with Gasteiger partial charge >= 0.3 is 0 Å². The highest BCUT2D eigenvalue weighted by Crippen LogP contribution is 2.27. The number of hydrogen-bond acceptors (Lipinski definition) is 3. The van der Waals surface area contributed by atoms with Crippen molar-refractivity contribution in [3.8, 4) is 11.4 Å². The third-order valence-electron chi connectivity index (χ3n) is 2.60. The lowest BCUT2D eigenvalue weighted by Crippen LogP contribution is -2.03. The van der Waals surface area contributed by atoms with E-state index in [0.717, 1.165) is 24.4 Å². The largest absolute Gasteiger partial charge is 0.495 e. The average Bonchev–Trinajstić information content (AvgIpc) is 2.71. The van der Waals surface area contributed by atoms with Crippen LogP contribution in [0.25, 0.3) is 5.69 Å². The van der Waals surface area contributed by atoms with Crippen molar-refractivity contribution in [3.05, 3.63) is 33.8 Å². The fourth-order valence-corrected chi connectivity index (χ4v) is 2.22. The number of halogens is 1. The maximum Gasteiger partial charge on any atom is 0.199 e. The molecule has 0 unspecified atom stereocenters. The Morgan fingerprint density at radius 3 is 2.94 bits per heavy atom. The van der Waals surface area contributed by atoms with Gasteiger partial charge in [0.15, 0.2) is 4.77 Å². The molecule has 96 valence electrons. The third-order valence-corrected chi connectivity index (χ3v) is 3.11. The van der Waals surface area contributed by atoms with Gasteiger partial charge in [-0.3, -0.25) is 9.67 Å². The molecule has 18 heavy (non-hydrogen) atoms. The normalized spacial score (nSPS) is 10.6. The summed E-state index contributed by atoms with van der Waals surface area (Å²) >= 11 is 11.3. The second-order valence-corrected chi connectivity index (χ2v) is 4.67. The quantitative estimate of drug-likeness (QED) is 0.873. The van der Waals surface area contributed by atoms with E-state index in [-0.39, 0.29) is 0 Å². The highest BCUT2D eigenvalue weighted by atomic mass is 35.5. The highest BCUT2D eigenvalue weighted by Gasteiger charge is 2.12. The molecule has 1 aromatic carbocycles. The van der Waals surface area contributed by atoms with E-state index in [1.54, 1.807) is 13.2 Å². The zero-order valence-corrected chi connectivity index (χ0v) is 11.8. The molecule has 0 atom stereocenters. The van der Waals surface area contributed by atoms with Crippen LogP contribution in [0.5, 0.6) is 5.75 Å². The number of hydrogen-bond donors (Lipinski definition) is 1. The lowest BCUT2D eigenvalue weighted by Gasteiger charge is -2.11. The molecule has 0 fully saturated rings. The number of ether oxygens (including phenoxy) is 1. The van der Waals surface area contributed by atoms with E-state index in [1.165, 1.54) is 0 Å². The Balaban J connectivity index is 2.64. The molecule has 0 aliphatic rings. The molecule has 0 saturated heterocycles.